The number of halogens is 1. The lowest BCUT2D eigenvalue weighted by molar-refractivity contribution is -0.121. The van der Waals surface area contributed by atoms with Crippen molar-refractivity contribution in [2.75, 3.05) is 13.1 Å². The van der Waals surface area contributed by atoms with Crippen LogP contribution in [0, 0.1) is 12.8 Å². The predicted octanol–water partition coefficient (Wildman–Crippen LogP) is 2.25. The van der Waals surface area contributed by atoms with E-state index in [9.17, 15) is 9.59 Å². The lowest BCUT2D eigenvalue weighted by Crippen LogP contribution is -2.32. The summed E-state index contributed by atoms with van der Waals surface area (Å²) in [6, 6.07) is 7.02. The number of benzene rings is 1. The van der Waals surface area contributed by atoms with E-state index in [-0.39, 0.29) is 23.4 Å². The van der Waals surface area contributed by atoms with Crippen molar-refractivity contribution in [1.82, 2.24) is 9.88 Å². The Kier molecular flexibility index (Phi) is 4.09. The number of aryl methyl sites for hydroxylation is 1. The van der Waals surface area contributed by atoms with Crippen LogP contribution in [0.15, 0.2) is 28.7 Å². The molecule has 6 nitrogen and oxygen atoms in total. The first kappa shape index (κ1) is 15.6. The molecule has 0 spiro atoms. The zero-order valence-corrected chi connectivity index (χ0v) is 13.3. The second-order valence-corrected chi connectivity index (χ2v) is 6.01. The summed E-state index contributed by atoms with van der Waals surface area (Å²) in [6.45, 7) is 2.52. The molecule has 2 heterocycles. The molecule has 120 valence electrons. The molecule has 1 aromatic carbocycles. The fourth-order valence-corrected chi connectivity index (χ4v) is 2.76. The van der Waals surface area contributed by atoms with Crippen LogP contribution in [0.1, 0.15) is 22.7 Å². The first-order chi connectivity index (χ1) is 11.0. The van der Waals surface area contributed by atoms with Crippen LogP contribution in [0.3, 0.4) is 0 Å². The molecule has 0 unspecified atom stereocenters. The van der Waals surface area contributed by atoms with E-state index in [0.29, 0.717) is 36.2 Å². The Labute approximate surface area is 138 Å². The van der Waals surface area contributed by atoms with Crippen molar-refractivity contribution in [3.8, 4) is 11.5 Å². The molecule has 1 fully saturated rings. The number of carbonyl (C=O) groups excluding carboxylic acids is 2. The molecule has 23 heavy (non-hydrogen) atoms. The number of likely N-dealkylation sites (tertiary alicyclic amines) is 1. The third kappa shape index (κ3) is 3.07. The van der Waals surface area contributed by atoms with Gasteiger partial charge in [0.05, 0.1) is 5.92 Å². The van der Waals surface area contributed by atoms with Gasteiger partial charge in [0.2, 0.25) is 11.8 Å². The van der Waals surface area contributed by atoms with E-state index in [1.807, 2.05) is 0 Å². The summed E-state index contributed by atoms with van der Waals surface area (Å²) in [4.78, 5) is 29.7. The van der Waals surface area contributed by atoms with Crippen LogP contribution in [0.5, 0.6) is 0 Å². The van der Waals surface area contributed by atoms with E-state index >= 15 is 0 Å². The number of primary amides is 1. The molecule has 3 rings (SSSR count). The summed E-state index contributed by atoms with van der Waals surface area (Å²) in [5, 5.41) is 0.614. The number of nitrogens with two attached hydrogens (primary N) is 1. The fraction of sp³-hybridized carbons (Fsp3) is 0.312. The van der Waals surface area contributed by atoms with Gasteiger partial charge < -0.3 is 15.1 Å². The first-order valence-electron chi connectivity index (χ1n) is 7.27. The van der Waals surface area contributed by atoms with Crippen molar-refractivity contribution < 1.29 is 14.0 Å². The molecule has 1 saturated heterocycles. The number of hydrogen-bond acceptors (Lipinski definition) is 4. The van der Waals surface area contributed by atoms with Crippen molar-refractivity contribution in [3.63, 3.8) is 0 Å². The van der Waals surface area contributed by atoms with Crippen LogP contribution in [0.25, 0.3) is 11.5 Å². The molecular weight excluding hydrogens is 318 g/mol. The molecule has 1 aliphatic heterocycles. The summed E-state index contributed by atoms with van der Waals surface area (Å²) in [5.41, 5.74) is 6.31. The van der Waals surface area contributed by atoms with Crippen molar-refractivity contribution in [3.05, 3.63) is 40.7 Å². The lowest BCUT2D eigenvalue weighted by Gasteiger charge is -2.14. The third-order valence-corrected chi connectivity index (χ3v) is 4.22. The van der Waals surface area contributed by atoms with E-state index in [4.69, 9.17) is 21.8 Å². The van der Waals surface area contributed by atoms with E-state index in [1.165, 1.54) is 0 Å². The Morgan fingerprint density at radius 3 is 2.65 bits per heavy atom. The second-order valence-electron chi connectivity index (χ2n) is 5.57. The van der Waals surface area contributed by atoms with E-state index < -0.39 is 0 Å². The molecule has 0 bridgehead atoms. The Balaban J connectivity index is 1.82. The Morgan fingerprint density at radius 1 is 1.35 bits per heavy atom. The van der Waals surface area contributed by atoms with Crippen molar-refractivity contribution in [2.45, 2.75) is 13.3 Å². The largest absolute Gasteiger partial charge is 0.441 e. The van der Waals surface area contributed by atoms with Gasteiger partial charge in [-0.3, -0.25) is 9.59 Å². The zero-order chi connectivity index (χ0) is 16.6. The van der Waals surface area contributed by atoms with Gasteiger partial charge in [-0.05, 0) is 37.6 Å². The van der Waals surface area contributed by atoms with Crippen molar-refractivity contribution >= 4 is 23.4 Å². The van der Waals surface area contributed by atoms with Crippen molar-refractivity contribution in [2.24, 2.45) is 11.7 Å². The van der Waals surface area contributed by atoms with E-state index in [0.717, 1.165) is 5.56 Å². The van der Waals surface area contributed by atoms with Crippen molar-refractivity contribution in [1.29, 1.82) is 0 Å². The minimum absolute atomic E-state index is 0.241. The molecule has 2 N–H and O–H groups in total. The molecule has 1 aliphatic rings. The maximum atomic E-state index is 12.6. The van der Waals surface area contributed by atoms with Gasteiger partial charge in [0.25, 0.3) is 5.91 Å². The summed E-state index contributed by atoms with van der Waals surface area (Å²) in [5.74, 6) is -0.0909. The van der Waals surface area contributed by atoms with E-state index in [2.05, 4.69) is 4.98 Å². The highest BCUT2D eigenvalue weighted by Crippen LogP contribution is 2.25. The third-order valence-electron chi connectivity index (χ3n) is 3.97. The van der Waals surface area contributed by atoms with Crippen LogP contribution in [-0.4, -0.2) is 34.8 Å². The summed E-state index contributed by atoms with van der Waals surface area (Å²) in [6.07, 6.45) is 0.585. The Morgan fingerprint density at radius 2 is 2.04 bits per heavy atom. The molecule has 2 aromatic rings. The smallest absolute Gasteiger partial charge is 0.276 e. The first-order valence-corrected chi connectivity index (χ1v) is 7.65. The van der Waals surface area contributed by atoms with Gasteiger partial charge >= 0.3 is 0 Å². The number of nitrogens with zero attached hydrogens (tertiary/aromatic N) is 2. The number of rotatable bonds is 3. The molecule has 0 aliphatic carbocycles. The summed E-state index contributed by atoms with van der Waals surface area (Å²) in [7, 11) is 0. The van der Waals surface area contributed by atoms with Gasteiger partial charge in [-0.15, -0.1) is 0 Å². The van der Waals surface area contributed by atoms with E-state index in [1.54, 1.807) is 36.1 Å². The molecular formula is C16H16ClN3O3. The number of hydrogen-bond donors (Lipinski definition) is 1. The lowest BCUT2D eigenvalue weighted by atomic mass is 10.1. The summed E-state index contributed by atoms with van der Waals surface area (Å²) >= 11 is 5.86. The predicted molar refractivity (Wildman–Crippen MR) is 84.9 cm³/mol. The molecule has 0 saturated carbocycles. The van der Waals surface area contributed by atoms with Crippen LogP contribution < -0.4 is 5.73 Å². The second kappa shape index (κ2) is 6.04. The molecule has 1 atom stereocenters. The molecule has 2 amide bonds. The number of oxazole rings is 1. The minimum atomic E-state index is -0.376. The standard InChI is InChI=1S/C16H16ClN3O3/c1-9-13(16(22)20-7-6-11(8-20)14(18)21)19-15(23-9)10-2-4-12(17)5-3-10/h2-5,11H,6-8H2,1H3,(H2,18,21)/t11-/m1/s1. The van der Waals surface area contributed by atoms with Gasteiger partial charge in [-0.2, -0.15) is 0 Å². The van der Waals surface area contributed by atoms with Gasteiger partial charge in [0.1, 0.15) is 5.76 Å². The normalized spacial score (nSPS) is 17.5. The number of amides is 2. The highest BCUT2D eigenvalue weighted by Gasteiger charge is 2.32. The molecule has 7 heteroatoms. The quantitative estimate of drug-likeness (QED) is 0.932. The van der Waals surface area contributed by atoms with Crippen LogP contribution in [-0.2, 0) is 4.79 Å². The van der Waals surface area contributed by atoms with Gasteiger partial charge in [-0.25, -0.2) is 4.98 Å². The Bertz CT molecular complexity index is 754. The highest BCUT2D eigenvalue weighted by atomic mass is 35.5. The molecule has 1 aromatic heterocycles. The maximum absolute atomic E-state index is 12.6. The fourth-order valence-electron chi connectivity index (χ4n) is 2.64. The van der Waals surface area contributed by atoms with Gasteiger partial charge in [0.15, 0.2) is 5.69 Å². The topological polar surface area (TPSA) is 89.4 Å². The average molecular weight is 334 g/mol. The van der Waals surface area contributed by atoms with Crippen LogP contribution in [0.4, 0.5) is 0 Å². The summed E-state index contributed by atoms with van der Waals surface area (Å²) < 4.78 is 5.60. The minimum Gasteiger partial charge on any atom is -0.441 e. The van der Waals surface area contributed by atoms with Crippen LogP contribution >= 0.6 is 11.6 Å². The van der Waals surface area contributed by atoms with Gasteiger partial charge in [0, 0.05) is 23.7 Å². The van der Waals surface area contributed by atoms with Crippen LogP contribution in [0.2, 0.25) is 5.02 Å². The average Bonchev–Trinajstić information content (AvgIpc) is 3.14. The SMILES string of the molecule is Cc1oc(-c2ccc(Cl)cc2)nc1C(=O)N1CC[C@@H](C(N)=O)C1. The Hall–Kier alpha value is -2.34. The number of aromatic nitrogens is 1. The number of carbonyl (C=O) groups is 2. The monoisotopic (exact) mass is 333 g/mol. The van der Waals surface area contributed by atoms with Gasteiger partial charge in [-0.1, -0.05) is 11.6 Å². The maximum Gasteiger partial charge on any atom is 0.276 e. The molecule has 0 radical (unpaired) electrons. The zero-order valence-electron chi connectivity index (χ0n) is 12.6. The highest BCUT2D eigenvalue weighted by molar-refractivity contribution is 6.30.